The predicted octanol–water partition coefficient (Wildman–Crippen LogP) is 1.89. The first-order valence-corrected chi connectivity index (χ1v) is 6.56. The zero-order valence-corrected chi connectivity index (χ0v) is 11.1. The summed E-state index contributed by atoms with van der Waals surface area (Å²) < 4.78 is 42.6. The van der Waals surface area contributed by atoms with Crippen LogP contribution in [0, 0.1) is 5.92 Å². The molecule has 0 radical (unpaired) electrons. The highest BCUT2D eigenvalue weighted by atomic mass is 19.4. The minimum atomic E-state index is -4.13. The molecular weight excluding hydrogens is 245 g/mol. The van der Waals surface area contributed by atoms with Gasteiger partial charge in [-0.2, -0.15) is 13.2 Å². The molecule has 0 amide bonds. The van der Waals surface area contributed by atoms with Crippen molar-refractivity contribution in [2.24, 2.45) is 5.92 Å². The third-order valence-electron chi connectivity index (χ3n) is 3.31. The Morgan fingerprint density at radius 2 is 2.11 bits per heavy atom. The zero-order valence-electron chi connectivity index (χ0n) is 11.1. The van der Waals surface area contributed by atoms with E-state index in [2.05, 4.69) is 5.32 Å². The maximum absolute atomic E-state index is 12.4. The summed E-state index contributed by atoms with van der Waals surface area (Å²) >= 11 is 0. The van der Waals surface area contributed by atoms with E-state index in [-0.39, 0.29) is 6.04 Å². The number of hydrogen-bond donors (Lipinski definition) is 1. The van der Waals surface area contributed by atoms with E-state index in [1.165, 1.54) is 4.90 Å². The molecular formula is C12H23F3N2O. The summed E-state index contributed by atoms with van der Waals surface area (Å²) in [5.74, 6) is 0.326. The molecule has 1 heterocycles. The lowest BCUT2D eigenvalue weighted by Gasteiger charge is -2.30. The molecule has 0 spiro atoms. The molecule has 1 rings (SSSR count). The highest BCUT2D eigenvalue weighted by Crippen LogP contribution is 2.20. The minimum absolute atomic E-state index is 0.0831. The summed E-state index contributed by atoms with van der Waals surface area (Å²) in [4.78, 5) is 1.45. The molecule has 3 nitrogen and oxygen atoms in total. The molecule has 0 bridgehead atoms. The second kappa shape index (κ2) is 7.31. The summed E-state index contributed by atoms with van der Waals surface area (Å²) in [5.41, 5.74) is 0. The molecule has 0 aromatic rings. The van der Waals surface area contributed by atoms with Crippen LogP contribution < -0.4 is 5.32 Å². The van der Waals surface area contributed by atoms with Crippen LogP contribution in [0.4, 0.5) is 13.2 Å². The molecule has 108 valence electrons. The lowest BCUT2D eigenvalue weighted by atomic mass is 9.98. The van der Waals surface area contributed by atoms with E-state index in [0.717, 1.165) is 19.6 Å². The monoisotopic (exact) mass is 268 g/mol. The van der Waals surface area contributed by atoms with E-state index in [1.807, 2.05) is 6.92 Å². The Labute approximate surface area is 107 Å². The van der Waals surface area contributed by atoms with E-state index in [1.54, 1.807) is 6.92 Å². The van der Waals surface area contributed by atoms with E-state index in [9.17, 15) is 13.2 Å². The van der Waals surface area contributed by atoms with Crippen molar-refractivity contribution >= 4 is 0 Å². The van der Waals surface area contributed by atoms with Crippen LogP contribution in [0.1, 0.15) is 20.3 Å². The number of rotatable bonds is 7. The second-order valence-electron chi connectivity index (χ2n) is 4.73. The lowest BCUT2D eigenvalue weighted by molar-refractivity contribution is -0.146. The Balaban J connectivity index is 2.51. The van der Waals surface area contributed by atoms with Crippen LogP contribution in [-0.2, 0) is 4.74 Å². The van der Waals surface area contributed by atoms with E-state index >= 15 is 0 Å². The highest BCUT2D eigenvalue weighted by molar-refractivity contribution is 4.82. The third-order valence-corrected chi connectivity index (χ3v) is 3.31. The standard InChI is InChI=1S/C12H23F3N2O/c1-3-16-11(10-5-6-18-8-10)7-17(4-2)9-12(13,14)15/h10-11,16H,3-9H2,1-2H3. The number of nitrogens with one attached hydrogen (secondary N) is 1. The maximum atomic E-state index is 12.4. The number of nitrogens with zero attached hydrogens (tertiary/aromatic N) is 1. The van der Waals surface area contributed by atoms with E-state index in [0.29, 0.717) is 25.6 Å². The number of alkyl halides is 3. The van der Waals surface area contributed by atoms with Gasteiger partial charge in [-0.05, 0) is 19.5 Å². The number of ether oxygens (including phenoxy) is 1. The van der Waals surface area contributed by atoms with Crippen molar-refractivity contribution in [3.8, 4) is 0 Å². The molecule has 1 aliphatic heterocycles. The van der Waals surface area contributed by atoms with Gasteiger partial charge < -0.3 is 10.1 Å². The van der Waals surface area contributed by atoms with E-state index in [4.69, 9.17) is 4.74 Å². The van der Waals surface area contributed by atoms with Crippen molar-refractivity contribution in [3.63, 3.8) is 0 Å². The Hall–Kier alpha value is -0.330. The fourth-order valence-corrected chi connectivity index (χ4v) is 2.35. The molecule has 1 aliphatic rings. The number of likely N-dealkylation sites (N-methyl/N-ethyl adjacent to an activating group) is 2. The summed E-state index contributed by atoms with van der Waals surface area (Å²) in [5, 5.41) is 3.29. The Kier molecular flexibility index (Phi) is 6.38. The molecule has 2 unspecified atom stereocenters. The van der Waals surface area contributed by atoms with Gasteiger partial charge in [0.05, 0.1) is 13.2 Å². The molecule has 2 atom stereocenters. The zero-order chi connectivity index (χ0) is 13.6. The van der Waals surface area contributed by atoms with Crippen molar-refractivity contribution in [2.45, 2.75) is 32.5 Å². The van der Waals surface area contributed by atoms with Gasteiger partial charge in [0.25, 0.3) is 0 Å². The molecule has 0 aliphatic carbocycles. The van der Waals surface area contributed by atoms with Crippen molar-refractivity contribution in [2.75, 3.05) is 39.4 Å². The van der Waals surface area contributed by atoms with Gasteiger partial charge in [-0.1, -0.05) is 13.8 Å². The number of hydrogen-bond acceptors (Lipinski definition) is 3. The predicted molar refractivity (Wildman–Crippen MR) is 64.6 cm³/mol. The molecule has 1 fully saturated rings. The summed E-state index contributed by atoms with van der Waals surface area (Å²) in [7, 11) is 0. The fraction of sp³-hybridized carbons (Fsp3) is 1.00. The Morgan fingerprint density at radius 1 is 1.39 bits per heavy atom. The third kappa shape index (κ3) is 5.54. The summed E-state index contributed by atoms with van der Waals surface area (Å²) in [6.45, 7) is 5.89. The smallest absolute Gasteiger partial charge is 0.381 e. The first kappa shape index (κ1) is 15.7. The Morgan fingerprint density at radius 3 is 2.56 bits per heavy atom. The molecule has 0 aromatic carbocycles. The highest BCUT2D eigenvalue weighted by Gasteiger charge is 2.33. The summed E-state index contributed by atoms with van der Waals surface area (Å²) in [6, 6.07) is 0.0831. The quantitative estimate of drug-likeness (QED) is 0.763. The SMILES string of the molecule is CCNC(CN(CC)CC(F)(F)F)C1CCOC1. The molecule has 1 saturated heterocycles. The largest absolute Gasteiger partial charge is 0.401 e. The van der Waals surface area contributed by atoms with Gasteiger partial charge in [0.2, 0.25) is 0 Å². The van der Waals surface area contributed by atoms with Crippen LogP contribution in [0.3, 0.4) is 0 Å². The van der Waals surface area contributed by atoms with Crippen LogP contribution in [0.15, 0.2) is 0 Å². The minimum Gasteiger partial charge on any atom is -0.381 e. The first-order valence-electron chi connectivity index (χ1n) is 6.56. The van der Waals surface area contributed by atoms with Gasteiger partial charge >= 0.3 is 6.18 Å². The number of halogens is 3. The van der Waals surface area contributed by atoms with Crippen LogP contribution >= 0.6 is 0 Å². The lowest BCUT2D eigenvalue weighted by Crippen LogP contribution is -2.48. The van der Waals surface area contributed by atoms with Gasteiger partial charge in [0, 0.05) is 25.1 Å². The molecule has 6 heteroatoms. The van der Waals surface area contributed by atoms with Gasteiger partial charge in [-0.15, -0.1) is 0 Å². The van der Waals surface area contributed by atoms with E-state index < -0.39 is 12.7 Å². The second-order valence-corrected chi connectivity index (χ2v) is 4.73. The summed E-state index contributed by atoms with van der Waals surface area (Å²) in [6.07, 6.45) is -3.19. The van der Waals surface area contributed by atoms with Crippen LogP contribution in [0.25, 0.3) is 0 Å². The van der Waals surface area contributed by atoms with Crippen molar-refractivity contribution in [1.82, 2.24) is 10.2 Å². The van der Waals surface area contributed by atoms with Crippen molar-refractivity contribution < 1.29 is 17.9 Å². The van der Waals surface area contributed by atoms with Crippen molar-refractivity contribution in [3.05, 3.63) is 0 Å². The van der Waals surface area contributed by atoms with Gasteiger partial charge in [0.15, 0.2) is 0 Å². The average molecular weight is 268 g/mol. The van der Waals surface area contributed by atoms with Crippen LogP contribution in [-0.4, -0.2) is 56.5 Å². The normalized spacial score (nSPS) is 22.7. The van der Waals surface area contributed by atoms with Crippen LogP contribution in [0.5, 0.6) is 0 Å². The van der Waals surface area contributed by atoms with Gasteiger partial charge in [-0.3, -0.25) is 4.90 Å². The molecule has 0 aromatic heterocycles. The maximum Gasteiger partial charge on any atom is 0.401 e. The fourth-order valence-electron chi connectivity index (χ4n) is 2.35. The molecule has 18 heavy (non-hydrogen) atoms. The topological polar surface area (TPSA) is 24.5 Å². The first-order chi connectivity index (χ1) is 8.46. The molecule has 0 saturated carbocycles. The van der Waals surface area contributed by atoms with Crippen LogP contribution in [0.2, 0.25) is 0 Å². The molecule has 1 N–H and O–H groups in total. The van der Waals surface area contributed by atoms with Gasteiger partial charge in [-0.25, -0.2) is 0 Å². The average Bonchev–Trinajstić information content (AvgIpc) is 2.78. The Bertz CT molecular complexity index is 230. The van der Waals surface area contributed by atoms with Gasteiger partial charge in [0.1, 0.15) is 0 Å². The van der Waals surface area contributed by atoms with Crippen molar-refractivity contribution in [1.29, 1.82) is 0 Å².